The molecule has 0 N–H and O–H groups in total. The van der Waals surface area contributed by atoms with Crippen LogP contribution in [0.15, 0.2) is 12.2 Å². The third kappa shape index (κ3) is 0.865. The number of rotatable bonds is 0. The Morgan fingerprint density at radius 1 is 1.45 bits per heavy atom. The number of carbonyl (C=O) groups excluding carboxylic acids is 1. The summed E-state index contributed by atoms with van der Waals surface area (Å²) >= 11 is 14.9. The van der Waals surface area contributed by atoms with Gasteiger partial charge in [0.25, 0.3) is 0 Å². The van der Waals surface area contributed by atoms with Crippen LogP contribution in [0.4, 0.5) is 0 Å². The fraction of sp³-hybridized carbons (Fsp3) is 0.571. The topological polar surface area (TPSA) is 17.1 Å². The van der Waals surface area contributed by atoms with Crippen LogP contribution in [-0.2, 0) is 4.79 Å². The van der Waals surface area contributed by atoms with E-state index in [0.29, 0.717) is 0 Å². The number of carbonyl (C=O) groups is 1. The highest BCUT2D eigenvalue weighted by atomic mass is 79.9. The molecule has 0 spiro atoms. The van der Waals surface area contributed by atoms with Gasteiger partial charge in [0.15, 0.2) is 10.1 Å². The monoisotopic (exact) mass is 254 g/mol. The van der Waals surface area contributed by atoms with Crippen LogP contribution < -0.4 is 0 Å². The lowest BCUT2D eigenvalue weighted by atomic mass is 9.73. The van der Waals surface area contributed by atoms with Gasteiger partial charge in [0, 0.05) is 16.7 Å². The fourth-order valence-electron chi connectivity index (χ4n) is 1.61. The van der Waals surface area contributed by atoms with Gasteiger partial charge >= 0.3 is 0 Å². The number of allylic oxidation sites excluding steroid dienone is 2. The molecule has 0 bridgehead atoms. The maximum Gasteiger partial charge on any atom is 0.183 e. The minimum atomic E-state index is -1.15. The Bertz CT molecular complexity index is 249. The molecule has 2 aliphatic carbocycles. The van der Waals surface area contributed by atoms with Gasteiger partial charge in [-0.1, -0.05) is 51.3 Å². The maximum atomic E-state index is 11.2. The summed E-state index contributed by atoms with van der Waals surface area (Å²) in [6, 6.07) is 0. The van der Waals surface area contributed by atoms with Gasteiger partial charge < -0.3 is 0 Å². The van der Waals surface area contributed by atoms with Crippen LogP contribution in [0.25, 0.3) is 0 Å². The van der Waals surface area contributed by atoms with Crippen molar-refractivity contribution >= 4 is 44.9 Å². The second kappa shape index (κ2) is 2.24. The van der Waals surface area contributed by atoms with Crippen molar-refractivity contribution in [1.29, 1.82) is 0 Å². The summed E-state index contributed by atoms with van der Waals surface area (Å²) in [4.78, 5) is 11.4. The first-order valence-electron chi connectivity index (χ1n) is 3.29. The van der Waals surface area contributed by atoms with E-state index in [1.807, 2.05) is 12.2 Å². The van der Waals surface area contributed by atoms with Gasteiger partial charge in [-0.2, -0.15) is 0 Å². The number of ketones is 1. The molecule has 0 radical (unpaired) electrons. The molecule has 3 unspecified atom stereocenters. The quantitative estimate of drug-likeness (QED) is 0.480. The highest BCUT2D eigenvalue weighted by Gasteiger charge is 2.62. The van der Waals surface area contributed by atoms with Gasteiger partial charge in [-0.05, 0) is 0 Å². The van der Waals surface area contributed by atoms with Gasteiger partial charge in [0.2, 0.25) is 0 Å². The average molecular weight is 256 g/mol. The zero-order chi connectivity index (χ0) is 8.22. The van der Waals surface area contributed by atoms with Crippen molar-refractivity contribution in [2.24, 2.45) is 11.8 Å². The minimum Gasteiger partial charge on any atom is -0.296 e. The standard InChI is InChI=1S/C7H5BrCl2O/c8-4-2-1-3-5(4)6(11)7(3,9)10/h1-5H. The van der Waals surface area contributed by atoms with E-state index in [1.165, 1.54) is 0 Å². The van der Waals surface area contributed by atoms with E-state index in [1.54, 1.807) is 0 Å². The highest BCUT2D eigenvalue weighted by Crippen LogP contribution is 2.55. The Morgan fingerprint density at radius 3 is 2.64 bits per heavy atom. The van der Waals surface area contributed by atoms with Crippen LogP contribution >= 0.6 is 39.1 Å². The molecule has 0 aromatic rings. The fourth-order valence-corrected chi connectivity index (χ4v) is 3.02. The molecule has 0 aromatic heterocycles. The molecule has 1 saturated carbocycles. The molecule has 0 saturated heterocycles. The first kappa shape index (κ1) is 8.09. The Labute approximate surface area is 82.9 Å². The SMILES string of the molecule is O=C1C2C(Br)C=CC2C1(Cl)Cl. The van der Waals surface area contributed by atoms with Crippen LogP contribution in [0, 0.1) is 11.8 Å². The highest BCUT2D eigenvalue weighted by molar-refractivity contribution is 9.09. The van der Waals surface area contributed by atoms with Gasteiger partial charge in [-0.3, -0.25) is 4.79 Å². The predicted octanol–water partition coefficient (Wildman–Crippen LogP) is 2.31. The molecule has 11 heavy (non-hydrogen) atoms. The minimum absolute atomic E-state index is 0.0164. The second-order valence-corrected chi connectivity index (χ2v) is 5.31. The molecule has 1 fully saturated rings. The summed E-state index contributed by atoms with van der Waals surface area (Å²) in [6.45, 7) is 0. The Kier molecular flexibility index (Phi) is 1.65. The molecule has 0 aliphatic heterocycles. The largest absolute Gasteiger partial charge is 0.296 e. The lowest BCUT2D eigenvalue weighted by molar-refractivity contribution is -0.132. The second-order valence-electron chi connectivity index (χ2n) is 2.87. The zero-order valence-electron chi connectivity index (χ0n) is 5.43. The van der Waals surface area contributed by atoms with E-state index < -0.39 is 4.33 Å². The number of hydrogen-bond acceptors (Lipinski definition) is 1. The first-order chi connectivity index (χ1) is 5.05. The Hall–Kier alpha value is 0.470. The van der Waals surface area contributed by atoms with Gasteiger partial charge in [0.1, 0.15) is 0 Å². The van der Waals surface area contributed by atoms with Crippen LogP contribution in [0.2, 0.25) is 0 Å². The molecular weight excluding hydrogens is 251 g/mol. The normalized spacial score (nSPS) is 45.4. The lowest BCUT2D eigenvalue weighted by Crippen LogP contribution is -2.56. The summed E-state index contributed by atoms with van der Waals surface area (Å²) in [6.07, 6.45) is 3.84. The van der Waals surface area contributed by atoms with Crippen molar-refractivity contribution in [1.82, 2.24) is 0 Å². The number of Topliss-reactive ketones (excluding diaryl/α,β-unsaturated/α-hetero) is 1. The Balaban J connectivity index is 2.29. The van der Waals surface area contributed by atoms with E-state index >= 15 is 0 Å². The third-order valence-electron chi connectivity index (χ3n) is 2.28. The van der Waals surface area contributed by atoms with Crippen LogP contribution in [0.1, 0.15) is 0 Å². The number of alkyl halides is 3. The number of halogens is 3. The summed E-state index contributed by atoms with van der Waals surface area (Å²) < 4.78 is -1.15. The van der Waals surface area contributed by atoms with Crippen molar-refractivity contribution in [3.05, 3.63) is 12.2 Å². The summed E-state index contributed by atoms with van der Waals surface area (Å²) in [5.74, 6) is -0.0644. The van der Waals surface area contributed by atoms with E-state index in [2.05, 4.69) is 15.9 Å². The molecule has 3 atom stereocenters. The van der Waals surface area contributed by atoms with E-state index in [4.69, 9.17) is 23.2 Å². The van der Waals surface area contributed by atoms with Crippen molar-refractivity contribution in [2.75, 3.05) is 0 Å². The smallest absolute Gasteiger partial charge is 0.183 e. The van der Waals surface area contributed by atoms with Crippen LogP contribution in [-0.4, -0.2) is 14.9 Å². The lowest BCUT2D eigenvalue weighted by Gasteiger charge is -2.42. The summed E-state index contributed by atoms with van der Waals surface area (Å²) in [5.41, 5.74) is 0. The van der Waals surface area contributed by atoms with Crippen molar-refractivity contribution in [3.8, 4) is 0 Å². The van der Waals surface area contributed by atoms with Crippen molar-refractivity contribution in [3.63, 3.8) is 0 Å². The molecule has 1 nitrogen and oxygen atoms in total. The predicted molar refractivity (Wildman–Crippen MR) is 48.3 cm³/mol. The van der Waals surface area contributed by atoms with Gasteiger partial charge in [-0.15, -0.1) is 0 Å². The van der Waals surface area contributed by atoms with Crippen LogP contribution in [0.3, 0.4) is 0 Å². The Morgan fingerprint density at radius 2 is 2.09 bits per heavy atom. The van der Waals surface area contributed by atoms with Crippen LogP contribution in [0.5, 0.6) is 0 Å². The maximum absolute atomic E-state index is 11.2. The average Bonchev–Trinajstić information content (AvgIpc) is 2.29. The summed E-state index contributed by atoms with van der Waals surface area (Å²) in [5, 5.41) is 0. The molecule has 60 valence electrons. The van der Waals surface area contributed by atoms with Gasteiger partial charge in [0.05, 0.1) is 0 Å². The molecule has 2 rings (SSSR count). The van der Waals surface area contributed by atoms with Gasteiger partial charge in [-0.25, -0.2) is 0 Å². The summed E-state index contributed by atoms with van der Waals surface area (Å²) in [7, 11) is 0. The number of fused-ring (bicyclic) bond motifs is 1. The molecule has 2 aliphatic rings. The van der Waals surface area contributed by atoms with E-state index in [0.717, 1.165) is 0 Å². The zero-order valence-corrected chi connectivity index (χ0v) is 8.53. The molecule has 0 aromatic carbocycles. The molecular formula is C7H5BrCl2O. The first-order valence-corrected chi connectivity index (χ1v) is 4.97. The molecule has 0 amide bonds. The van der Waals surface area contributed by atoms with Crippen molar-refractivity contribution < 1.29 is 4.79 Å². The van der Waals surface area contributed by atoms with E-state index in [-0.39, 0.29) is 22.4 Å². The van der Waals surface area contributed by atoms with Crippen molar-refractivity contribution in [2.45, 2.75) is 9.16 Å². The van der Waals surface area contributed by atoms with E-state index in [9.17, 15) is 4.79 Å². The third-order valence-corrected chi connectivity index (χ3v) is 4.03. The molecule has 0 heterocycles. The molecule has 4 heteroatoms. The number of hydrogen-bond donors (Lipinski definition) is 0.